The topological polar surface area (TPSA) is 46.6 Å². The molecule has 0 heterocycles. The molecule has 0 N–H and O–H groups in total. The molecule has 148 valence electrons. The maximum atomic E-state index is 12.7. The minimum Gasteiger partial charge on any atom is -0.494 e. The standard InChI is InChI=1S/C24H29NO3/c1-6-15-28-22-12-8-20(9-13-22)10-14-23(26)25(5)19(4)24(27)21-11-7-17(2)18(3)16-21/h7-14,16,19H,6,15H2,1-5H3/b14-10+. The zero-order valence-electron chi connectivity index (χ0n) is 17.4. The van der Waals surface area contributed by atoms with E-state index in [4.69, 9.17) is 4.74 Å². The third kappa shape index (κ3) is 5.56. The summed E-state index contributed by atoms with van der Waals surface area (Å²) in [4.78, 5) is 26.7. The summed E-state index contributed by atoms with van der Waals surface area (Å²) in [5.74, 6) is 0.538. The molecule has 0 saturated carbocycles. The fraction of sp³-hybridized carbons (Fsp3) is 0.333. The van der Waals surface area contributed by atoms with Gasteiger partial charge in [0, 0.05) is 18.7 Å². The van der Waals surface area contributed by atoms with E-state index in [1.807, 2.05) is 56.3 Å². The molecule has 0 aliphatic carbocycles. The van der Waals surface area contributed by atoms with Crippen LogP contribution in [0.5, 0.6) is 5.75 Å². The zero-order chi connectivity index (χ0) is 20.7. The second kappa shape index (κ2) is 9.88. The molecular weight excluding hydrogens is 350 g/mol. The van der Waals surface area contributed by atoms with Crippen molar-refractivity contribution in [3.05, 3.63) is 70.8 Å². The second-order valence-electron chi connectivity index (χ2n) is 7.04. The Morgan fingerprint density at radius 3 is 2.36 bits per heavy atom. The molecule has 0 aromatic heterocycles. The Morgan fingerprint density at radius 1 is 1.07 bits per heavy atom. The first-order valence-electron chi connectivity index (χ1n) is 9.62. The van der Waals surface area contributed by atoms with Gasteiger partial charge in [-0.1, -0.05) is 31.2 Å². The Labute approximate surface area is 167 Å². The van der Waals surface area contributed by atoms with Crippen LogP contribution in [-0.4, -0.2) is 36.3 Å². The summed E-state index contributed by atoms with van der Waals surface area (Å²) < 4.78 is 5.55. The number of carbonyl (C=O) groups excluding carboxylic acids is 2. The first-order valence-corrected chi connectivity index (χ1v) is 9.62. The van der Waals surface area contributed by atoms with Gasteiger partial charge in [0.05, 0.1) is 12.6 Å². The first-order chi connectivity index (χ1) is 13.3. The normalized spacial score (nSPS) is 12.0. The van der Waals surface area contributed by atoms with E-state index in [2.05, 4.69) is 6.92 Å². The van der Waals surface area contributed by atoms with E-state index < -0.39 is 6.04 Å². The molecule has 2 aromatic rings. The second-order valence-corrected chi connectivity index (χ2v) is 7.04. The fourth-order valence-corrected chi connectivity index (χ4v) is 2.68. The maximum Gasteiger partial charge on any atom is 0.246 e. The molecule has 0 saturated heterocycles. The van der Waals surface area contributed by atoms with Crippen molar-refractivity contribution in [3.8, 4) is 5.75 Å². The lowest BCUT2D eigenvalue weighted by Gasteiger charge is -2.23. The molecule has 0 aliphatic rings. The van der Waals surface area contributed by atoms with E-state index in [-0.39, 0.29) is 11.7 Å². The molecule has 0 spiro atoms. The zero-order valence-corrected chi connectivity index (χ0v) is 17.4. The quantitative estimate of drug-likeness (QED) is 0.487. The number of aryl methyl sites for hydroxylation is 2. The van der Waals surface area contributed by atoms with E-state index >= 15 is 0 Å². The van der Waals surface area contributed by atoms with Gasteiger partial charge in [0.25, 0.3) is 0 Å². The van der Waals surface area contributed by atoms with Crippen molar-refractivity contribution in [2.75, 3.05) is 13.7 Å². The number of ketones is 1. The average Bonchev–Trinajstić information content (AvgIpc) is 2.71. The minimum atomic E-state index is -0.538. The van der Waals surface area contributed by atoms with Crippen LogP contribution in [-0.2, 0) is 4.79 Å². The number of ether oxygens (including phenoxy) is 1. The molecule has 4 heteroatoms. The van der Waals surface area contributed by atoms with E-state index in [0.29, 0.717) is 12.2 Å². The number of hydrogen-bond donors (Lipinski definition) is 0. The largest absolute Gasteiger partial charge is 0.494 e. The number of hydrogen-bond acceptors (Lipinski definition) is 3. The molecule has 1 atom stereocenters. The van der Waals surface area contributed by atoms with E-state index in [0.717, 1.165) is 28.9 Å². The van der Waals surface area contributed by atoms with Crippen LogP contribution in [0.3, 0.4) is 0 Å². The number of amides is 1. The average molecular weight is 380 g/mol. The summed E-state index contributed by atoms with van der Waals surface area (Å²) in [7, 11) is 1.65. The molecule has 0 aliphatic heterocycles. The smallest absolute Gasteiger partial charge is 0.246 e. The number of Topliss-reactive ketones (excluding diaryl/α,β-unsaturated/α-hetero) is 1. The highest BCUT2D eigenvalue weighted by atomic mass is 16.5. The Morgan fingerprint density at radius 2 is 1.75 bits per heavy atom. The van der Waals surface area contributed by atoms with Crippen LogP contribution in [0.15, 0.2) is 48.5 Å². The van der Waals surface area contributed by atoms with Gasteiger partial charge in [0.1, 0.15) is 5.75 Å². The summed E-state index contributed by atoms with van der Waals surface area (Å²) in [5.41, 5.74) is 3.74. The van der Waals surface area contributed by atoms with Crippen molar-refractivity contribution in [2.24, 2.45) is 0 Å². The van der Waals surface area contributed by atoms with Crippen LogP contribution >= 0.6 is 0 Å². The number of likely N-dealkylation sites (N-methyl/N-ethyl adjacent to an activating group) is 1. The summed E-state index contributed by atoms with van der Waals surface area (Å²) in [6, 6.07) is 12.7. The van der Waals surface area contributed by atoms with Gasteiger partial charge in [0.15, 0.2) is 5.78 Å². The van der Waals surface area contributed by atoms with Crippen LogP contribution < -0.4 is 4.74 Å². The SMILES string of the molecule is CCCOc1ccc(/C=C/C(=O)N(C)C(C)C(=O)c2ccc(C)c(C)c2)cc1. The van der Waals surface area contributed by atoms with Crippen molar-refractivity contribution in [1.82, 2.24) is 4.90 Å². The Bertz CT molecular complexity index is 853. The van der Waals surface area contributed by atoms with Crippen molar-refractivity contribution in [1.29, 1.82) is 0 Å². The molecule has 2 rings (SSSR count). The third-order valence-corrected chi connectivity index (χ3v) is 4.87. The van der Waals surface area contributed by atoms with Crippen LogP contribution in [0.25, 0.3) is 6.08 Å². The minimum absolute atomic E-state index is 0.0650. The molecule has 1 unspecified atom stereocenters. The third-order valence-electron chi connectivity index (χ3n) is 4.87. The van der Waals surface area contributed by atoms with Gasteiger partial charge in [-0.2, -0.15) is 0 Å². The van der Waals surface area contributed by atoms with Gasteiger partial charge in [0.2, 0.25) is 5.91 Å². The lowest BCUT2D eigenvalue weighted by atomic mass is 10.00. The predicted molar refractivity (Wildman–Crippen MR) is 114 cm³/mol. The number of rotatable bonds is 8. The number of benzene rings is 2. The highest BCUT2D eigenvalue weighted by Crippen LogP contribution is 2.15. The summed E-state index contributed by atoms with van der Waals surface area (Å²) in [6.45, 7) is 8.49. The van der Waals surface area contributed by atoms with Crippen LogP contribution in [0.2, 0.25) is 0 Å². The highest BCUT2D eigenvalue weighted by molar-refractivity contribution is 6.03. The van der Waals surface area contributed by atoms with E-state index in [1.165, 1.54) is 11.0 Å². The lowest BCUT2D eigenvalue weighted by molar-refractivity contribution is -0.125. The Kier molecular flexibility index (Phi) is 7.56. The molecule has 2 aromatic carbocycles. The molecule has 0 bridgehead atoms. The lowest BCUT2D eigenvalue weighted by Crippen LogP contribution is -2.39. The van der Waals surface area contributed by atoms with Gasteiger partial charge < -0.3 is 9.64 Å². The molecule has 0 fully saturated rings. The summed E-state index contributed by atoms with van der Waals surface area (Å²) in [6.07, 6.45) is 4.20. The maximum absolute atomic E-state index is 12.7. The van der Waals surface area contributed by atoms with Crippen molar-refractivity contribution in [3.63, 3.8) is 0 Å². The molecule has 1 amide bonds. The van der Waals surface area contributed by atoms with Gasteiger partial charge in [-0.3, -0.25) is 9.59 Å². The van der Waals surface area contributed by atoms with Gasteiger partial charge >= 0.3 is 0 Å². The Balaban J connectivity index is 2.01. The number of nitrogens with zero attached hydrogens (tertiary/aromatic N) is 1. The fourth-order valence-electron chi connectivity index (χ4n) is 2.68. The predicted octanol–water partition coefficient (Wildman–Crippen LogP) is 4.84. The van der Waals surface area contributed by atoms with Crippen molar-refractivity contribution in [2.45, 2.75) is 40.2 Å². The first kappa shape index (κ1) is 21.4. The Hall–Kier alpha value is -2.88. The summed E-state index contributed by atoms with van der Waals surface area (Å²) in [5, 5.41) is 0. The van der Waals surface area contributed by atoms with E-state index in [1.54, 1.807) is 20.0 Å². The molecular formula is C24H29NO3. The van der Waals surface area contributed by atoms with Gasteiger partial charge in [-0.25, -0.2) is 0 Å². The van der Waals surface area contributed by atoms with Crippen LogP contribution in [0.1, 0.15) is 47.3 Å². The van der Waals surface area contributed by atoms with Crippen LogP contribution in [0, 0.1) is 13.8 Å². The van der Waals surface area contributed by atoms with Crippen molar-refractivity contribution >= 4 is 17.8 Å². The van der Waals surface area contributed by atoms with Gasteiger partial charge in [-0.05, 0) is 68.2 Å². The molecule has 28 heavy (non-hydrogen) atoms. The number of carbonyl (C=O) groups is 2. The van der Waals surface area contributed by atoms with Crippen LogP contribution in [0.4, 0.5) is 0 Å². The molecule has 4 nitrogen and oxygen atoms in total. The highest BCUT2D eigenvalue weighted by Gasteiger charge is 2.22. The summed E-state index contributed by atoms with van der Waals surface area (Å²) >= 11 is 0. The van der Waals surface area contributed by atoms with E-state index in [9.17, 15) is 9.59 Å². The monoisotopic (exact) mass is 379 g/mol. The molecule has 0 radical (unpaired) electrons. The van der Waals surface area contributed by atoms with Crippen molar-refractivity contribution < 1.29 is 14.3 Å². The van der Waals surface area contributed by atoms with Gasteiger partial charge in [-0.15, -0.1) is 0 Å².